The molecule has 2 rings (SSSR count). The Balaban J connectivity index is 2.08. The van der Waals surface area contributed by atoms with Crippen LogP contribution < -0.4 is 10.6 Å². The number of nitrogens with one attached hydrogen (secondary N) is 2. The minimum absolute atomic E-state index is 0.239. The van der Waals surface area contributed by atoms with E-state index in [4.69, 9.17) is 11.6 Å². The highest BCUT2D eigenvalue weighted by Crippen LogP contribution is 2.21. The number of amides is 1. The quantitative estimate of drug-likeness (QED) is 0.910. The largest absolute Gasteiger partial charge is 0.373 e. The predicted octanol–water partition coefficient (Wildman–Crippen LogP) is 3.39. The lowest BCUT2D eigenvalue weighted by atomic mass is 10.3. The maximum absolute atomic E-state index is 12.1. The van der Waals surface area contributed by atoms with Gasteiger partial charge < -0.3 is 10.6 Å². The van der Waals surface area contributed by atoms with Crippen LogP contribution in [0.3, 0.4) is 0 Å². The summed E-state index contributed by atoms with van der Waals surface area (Å²) in [5, 5.41) is 6.08. The number of thiophene rings is 1. The Morgan fingerprint density at radius 3 is 2.75 bits per heavy atom. The molecule has 0 radical (unpaired) electrons. The molecule has 2 heterocycles. The van der Waals surface area contributed by atoms with Gasteiger partial charge in [0.05, 0.1) is 11.6 Å². The molecule has 0 fully saturated rings. The highest BCUT2D eigenvalue weighted by Gasteiger charge is 2.13. The molecule has 0 aliphatic rings. The topological polar surface area (TPSA) is 54.0 Å². The van der Waals surface area contributed by atoms with Crippen molar-refractivity contribution in [3.05, 3.63) is 44.2 Å². The van der Waals surface area contributed by atoms with Gasteiger partial charge in [-0.3, -0.25) is 4.79 Å². The standard InChI is InChI=1S/C14H16ClN3OS/c1-8-6-10(20-9(8)2)7-17-14(19)13-11(15)4-5-12(16-3)18-13/h4-6H,7H2,1-3H3,(H,16,18)(H,17,19). The van der Waals surface area contributed by atoms with Crippen LogP contribution >= 0.6 is 22.9 Å². The molecule has 106 valence electrons. The third kappa shape index (κ3) is 3.29. The van der Waals surface area contributed by atoms with Crippen molar-refractivity contribution in [1.82, 2.24) is 10.3 Å². The summed E-state index contributed by atoms with van der Waals surface area (Å²) in [5.74, 6) is 0.346. The number of aryl methyl sites for hydroxylation is 2. The fourth-order valence-corrected chi connectivity index (χ4v) is 2.91. The second kappa shape index (κ2) is 6.24. The van der Waals surface area contributed by atoms with Crippen LogP contribution in [0.1, 0.15) is 25.8 Å². The lowest BCUT2D eigenvalue weighted by Gasteiger charge is -2.07. The first-order valence-corrected chi connectivity index (χ1v) is 7.39. The van der Waals surface area contributed by atoms with Gasteiger partial charge in [0.1, 0.15) is 11.5 Å². The van der Waals surface area contributed by atoms with E-state index in [9.17, 15) is 4.79 Å². The third-order valence-corrected chi connectivity index (χ3v) is 4.41. The summed E-state index contributed by atoms with van der Waals surface area (Å²) in [5.41, 5.74) is 1.48. The smallest absolute Gasteiger partial charge is 0.271 e. The number of hydrogen-bond donors (Lipinski definition) is 2. The van der Waals surface area contributed by atoms with Crippen molar-refractivity contribution in [3.8, 4) is 0 Å². The van der Waals surface area contributed by atoms with E-state index >= 15 is 0 Å². The first-order valence-electron chi connectivity index (χ1n) is 6.19. The molecule has 0 saturated carbocycles. The Labute approximate surface area is 127 Å². The van der Waals surface area contributed by atoms with Crippen LogP contribution in [-0.4, -0.2) is 17.9 Å². The summed E-state index contributed by atoms with van der Waals surface area (Å²) in [4.78, 5) is 18.7. The van der Waals surface area contributed by atoms with E-state index in [0.717, 1.165) is 4.88 Å². The van der Waals surface area contributed by atoms with Crippen molar-refractivity contribution in [2.24, 2.45) is 0 Å². The fraction of sp³-hybridized carbons (Fsp3) is 0.286. The summed E-state index contributed by atoms with van der Waals surface area (Å²) < 4.78 is 0. The Kier molecular flexibility index (Phi) is 4.62. The zero-order valence-electron chi connectivity index (χ0n) is 11.6. The van der Waals surface area contributed by atoms with Crippen LogP contribution in [0.4, 0.5) is 5.82 Å². The summed E-state index contributed by atoms with van der Waals surface area (Å²) >= 11 is 7.69. The van der Waals surface area contributed by atoms with Gasteiger partial charge in [0.2, 0.25) is 0 Å². The highest BCUT2D eigenvalue weighted by molar-refractivity contribution is 7.12. The first kappa shape index (κ1) is 14.8. The molecule has 1 amide bonds. The number of halogens is 1. The fourth-order valence-electron chi connectivity index (χ4n) is 1.73. The average Bonchev–Trinajstić information content (AvgIpc) is 2.76. The molecule has 0 saturated heterocycles. The van der Waals surface area contributed by atoms with E-state index in [2.05, 4.69) is 35.5 Å². The molecular weight excluding hydrogens is 294 g/mol. The average molecular weight is 310 g/mol. The predicted molar refractivity (Wildman–Crippen MR) is 83.8 cm³/mol. The van der Waals surface area contributed by atoms with E-state index in [-0.39, 0.29) is 11.6 Å². The van der Waals surface area contributed by atoms with Crippen LogP contribution in [-0.2, 0) is 6.54 Å². The Morgan fingerprint density at radius 2 is 2.15 bits per heavy atom. The van der Waals surface area contributed by atoms with Gasteiger partial charge in [-0.15, -0.1) is 11.3 Å². The number of carbonyl (C=O) groups excluding carboxylic acids is 1. The molecule has 6 heteroatoms. The minimum Gasteiger partial charge on any atom is -0.373 e. The van der Waals surface area contributed by atoms with E-state index in [1.54, 1.807) is 30.5 Å². The molecule has 0 aromatic carbocycles. The number of anilines is 1. The van der Waals surface area contributed by atoms with E-state index < -0.39 is 0 Å². The van der Waals surface area contributed by atoms with Gasteiger partial charge >= 0.3 is 0 Å². The van der Waals surface area contributed by atoms with Crippen LogP contribution in [0.5, 0.6) is 0 Å². The highest BCUT2D eigenvalue weighted by atomic mass is 35.5. The van der Waals surface area contributed by atoms with Gasteiger partial charge in [-0.25, -0.2) is 4.98 Å². The number of hydrogen-bond acceptors (Lipinski definition) is 4. The van der Waals surface area contributed by atoms with Crippen molar-refractivity contribution in [2.75, 3.05) is 12.4 Å². The lowest BCUT2D eigenvalue weighted by molar-refractivity contribution is 0.0946. The van der Waals surface area contributed by atoms with Gasteiger partial charge in [0.25, 0.3) is 5.91 Å². The number of nitrogens with zero attached hydrogens (tertiary/aromatic N) is 1. The van der Waals surface area contributed by atoms with E-state index in [1.807, 2.05) is 0 Å². The van der Waals surface area contributed by atoms with Crippen molar-refractivity contribution < 1.29 is 4.79 Å². The zero-order chi connectivity index (χ0) is 14.7. The maximum Gasteiger partial charge on any atom is 0.271 e. The zero-order valence-corrected chi connectivity index (χ0v) is 13.2. The maximum atomic E-state index is 12.1. The molecule has 0 spiro atoms. The summed E-state index contributed by atoms with van der Waals surface area (Å²) in [7, 11) is 1.75. The van der Waals surface area contributed by atoms with E-state index in [0.29, 0.717) is 17.4 Å². The van der Waals surface area contributed by atoms with Crippen molar-refractivity contribution in [3.63, 3.8) is 0 Å². The Hall–Kier alpha value is -1.59. The molecule has 0 unspecified atom stereocenters. The second-order valence-corrected chi connectivity index (χ2v) is 6.16. The summed E-state index contributed by atoms with van der Waals surface area (Å²) in [6.45, 7) is 4.62. The number of aromatic nitrogens is 1. The molecule has 2 aromatic heterocycles. The second-order valence-electron chi connectivity index (χ2n) is 4.41. The van der Waals surface area contributed by atoms with Gasteiger partial charge in [0, 0.05) is 16.8 Å². The number of rotatable bonds is 4. The third-order valence-electron chi connectivity index (χ3n) is 2.96. The van der Waals surface area contributed by atoms with Crippen molar-refractivity contribution >= 4 is 34.7 Å². The monoisotopic (exact) mass is 309 g/mol. The Morgan fingerprint density at radius 1 is 1.40 bits per heavy atom. The van der Waals surface area contributed by atoms with Gasteiger partial charge in [-0.2, -0.15) is 0 Å². The molecule has 4 nitrogen and oxygen atoms in total. The molecule has 0 aliphatic heterocycles. The van der Waals surface area contributed by atoms with Gasteiger partial charge in [-0.05, 0) is 37.6 Å². The van der Waals surface area contributed by atoms with Gasteiger partial charge in [0.15, 0.2) is 0 Å². The SMILES string of the molecule is CNc1ccc(Cl)c(C(=O)NCc2cc(C)c(C)s2)n1. The van der Waals surface area contributed by atoms with Crippen LogP contribution in [0.2, 0.25) is 5.02 Å². The Bertz CT molecular complexity index is 620. The molecule has 0 aliphatic carbocycles. The van der Waals surface area contributed by atoms with Crippen LogP contribution in [0.25, 0.3) is 0 Å². The lowest BCUT2D eigenvalue weighted by Crippen LogP contribution is -2.24. The molecule has 2 aromatic rings. The normalized spacial score (nSPS) is 10.4. The number of carbonyl (C=O) groups is 1. The van der Waals surface area contributed by atoms with Gasteiger partial charge in [-0.1, -0.05) is 11.6 Å². The van der Waals surface area contributed by atoms with Crippen LogP contribution in [0.15, 0.2) is 18.2 Å². The van der Waals surface area contributed by atoms with Crippen LogP contribution in [0, 0.1) is 13.8 Å². The molecule has 2 N–H and O–H groups in total. The number of pyridine rings is 1. The molecule has 0 bridgehead atoms. The molecule has 20 heavy (non-hydrogen) atoms. The van der Waals surface area contributed by atoms with Crippen molar-refractivity contribution in [1.29, 1.82) is 0 Å². The minimum atomic E-state index is -0.268. The van der Waals surface area contributed by atoms with Crippen molar-refractivity contribution in [2.45, 2.75) is 20.4 Å². The van der Waals surface area contributed by atoms with E-state index in [1.165, 1.54) is 10.4 Å². The summed E-state index contributed by atoms with van der Waals surface area (Å²) in [6.07, 6.45) is 0. The summed E-state index contributed by atoms with van der Waals surface area (Å²) in [6, 6.07) is 5.47. The molecular formula is C14H16ClN3OS. The first-order chi connectivity index (χ1) is 9.51. The molecule has 0 atom stereocenters.